The summed E-state index contributed by atoms with van der Waals surface area (Å²) in [7, 11) is 0. The van der Waals surface area contributed by atoms with Crippen molar-refractivity contribution >= 4 is 5.97 Å². The second-order valence-corrected chi connectivity index (χ2v) is 12.0. The number of hydrogen-bond donors (Lipinski definition) is 0. The molecular formula is C36H47NO3. The smallest absolute Gasteiger partial charge is 0.305 e. The molecule has 40 heavy (non-hydrogen) atoms. The summed E-state index contributed by atoms with van der Waals surface area (Å²) in [5, 5.41) is 0. The fourth-order valence-corrected chi connectivity index (χ4v) is 5.73. The van der Waals surface area contributed by atoms with E-state index < -0.39 is 0 Å². The summed E-state index contributed by atoms with van der Waals surface area (Å²) in [4.78, 5) is 14.5. The zero-order valence-corrected chi connectivity index (χ0v) is 25.0. The first-order valence-corrected chi connectivity index (χ1v) is 15.1. The van der Waals surface area contributed by atoms with Crippen molar-refractivity contribution in [1.82, 2.24) is 4.90 Å². The van der Waals surface area contributed by atoms with Gasteiger partial charge in [0.25, 0.3) is 0 Å². The van der Waals surface area contributed by atoms with E-state index in [-0.39, 0.29) is 11.4 Å². The fourth-order valence-electron chi connectivity index (χ4n) is 5.73. The maximum atomic E-state index is 11.9. The largest absolute Gasteiger partial charge is 0.489 e. The highest BCUT2D eigenvalue weighted by Crippen LogP contribution is 2.35. The number of unbranched alkanes of at least 4 members (excludes halogenated alkanes) is 1. The highest BCUT2D eigenvalue weighted by atomic mass is 16.5. The first kappa shape index (κ1) is 29.9. The van der Waals surface area contributed by atoms with E-state index in [1.807, 2.05) is 6.92 Å². The van der Waals surface area contributed by atoms with Crippen LogP contribution in [0.25, 0.3) is 0 Å². The Morgan fingerprint density at radius 2 is 1.68 bits per heavy atom. The third-order valence-electron chi connectivity index (χ3n) is 8.02. The molecule has 3 aromatic carbocycles. The van der Waals surface area contributed by atoms with Gasteiger partial charge in [-0.05, 0) is 91.3 Å². The lowest BCUT2D eigenvalue weighted by Crippen LogP contribution is -2.34. The number of para-hydroxylation sites is 1. The molecule has 1 unspecified atom stereocenters. The van der Waals surface area contributed by atoms with Gasteiger partial charge >= 0.3 is 5.97 Å². The minimum atomic E-state index is -0.0869. The maximum Gasteiger partial charge on any atom is 0.305 e. The molecule has 1 aliphatic carbocycles. The van der Waals surface area contributed by atoms with Crippen LogP contribution >= 0.6 is 0 Å². The van der Waals surface area contributed by atoms with Gasteiger partial charge < -0.3 is 9.47 Å². The number of carbonyl (C=O) groups is 1. The summed E-state index contributed by atoms with van der Waals surface area (Å²) in [6.45, 7) is 11.5. The highest BCUT2D eigenvalue weighted by molar-refractivity contribution is 5.69. The Labute approximate surface area is 241 Å². The molecule has 0 saturated carbocycles. The number of hydrogen-bond acceptors (Lipinski definition) is 4. The topological polar surface area (TPSA) is 38.8 Å². The van der Waals surface area contributed by atoms with Gasteiger partial charge in [0.2, 0.25) is 0 Å². The SMILES string of the molecule is CCOC(=O)CCCCN(CCc1ccccc1OCc1ccc(C(C)(C)C)cc1)C1CCCc2ccccc21. The number of carbonyl (C=O) groups excluding carboxylic acids is 1. The van der Waals surface area contributed by atoms with Crippen LogP contribution in [0.5, 0.6) is 5.75 Å². The van der Waals surface area contributed by atoms with E-state index in [0.29, 0.717) is 25.7 Å². The van der Waals surface area contributed by atoms with E-state index in [2.05, 4.69) is 98.5 Å². The summed E-state index contributed by atoms with van der Waals surface area (Å²) in [5.74, 6) is 0.880. The number of fused-ring (bicyclic) bond motifs is 1. The molecule has 4 nitrogen and oxygen atoms in total. The first-order chi connectivity index (χ1) is 19.3. The Morgan fingerprint density at radius 1 is 0.925 bits per heavy atom. The summed E-state index contributed by atoms with van der Waals surface area (Å²) in [6, 6.07) is 26.6. The minimum Gasteiger partial charge on any atom is -0.489 e. The van der Waals surface area contributed by atoms with Crippen molar-refractivity contribution in [2.75, 3.05) is 19.7 Å². The molecule has 1 atom stereocenters. The van der Waals surface area contributed by atoms with Gasteiger partial charge in [-0.25, -0.2) is 0 Å². The molecule has 3 aromatic rings. The van der Waals surface area contributed by atoms with E-state index in [9.17, 15) is 4.79 Å². The molecule has 0 aromatic heterocycles. The molecule has 0 radical (unpaired) electrons. The van der Waals surface area contributed by atoms with Crippen molar-refractivity contribution in [2.45, 2.75) is 90.7 Å². The average molecular weight is 542 g/mol. The molecule has 0 bridgehead atoms. The van der Waals surface area contributed by atoms with E-state index >= 15 is 0 Å². The van der Waals surface area contributed by atoms with Gasteiger partial charge in [-0.3, -0.25) is 9.69 Å². The minimum absolute atomic E-state index is 0.0869. The van der Waals surface area contributed by atoms with Gasteiger partial charge in [0.05, 0.1) is 6.61 Å². The molecule has 4 heteroatoms. The van der Waals surface area contributed by atoms with Crippen LogP contribution < -0.4 is 4.74 Å². The van der Waals surface area contributed by atoms with Gasteiger partial charge in [0.1, 0.15) is 12.4 Å². The number of benzene rings is 3. The Hall–Kier alpha value is -3.11. The Morgan fingerprint density at radius 3 is 2.45 bits per heavy atom. The van der Waals surface area contributed by atoms with Crippen LogP contribution in [0, 0.1) is 0 Å². The van der Waals surface area contributed by atoms with E-state index in [1.54, 1.807) is 0 Å². The van der Waals surface area contributed by atoms with Gasteiger partial charge in [-0.1, -0.05) is 87.5 Å². The van der Waals surface area contributed by atoms with Crippen LogP contribution in [0.1, 0.15) is 93.7 Å². The average Bonchev–Trinajstić information content (AvgIpc) is 2.96. The van der Waals surface area contributed by atoms with Crippen molar-refractivity contribution in [2.24, 2.45) is 0 Å². The predicted molar refractivity (Wildman–Crippen MR) is 164 cm³/mol. The standard InChI is InChI=1S/C36H47NO3/c1-5-39-35(38)19-10-11-25-37(33-17-12-15-29-13-6-8-16-32(29)33)26-24-30-14-7-9-18-34(30)40-27-28-20-22-31(23-21-28)36(2,3)4/h6-9,13-14,16,18,20-23,33H,5,10-12,15,17,19,24-27H2,1-4H3. The second kappa shape index (κ2) is 14.5. The predicted octanol–water partition coefficient (Wildman–Crippen LogP) is 8.22. The molecule has 0 N–H and O–H groups in total. The van der Waals surface area contributed by atoms with Crippen molar-refractivity contribution in [3.63, 3.8) is 0 Å². The molecule has 0 saturated heterocycles. The summed E-state index contributed by atoms with van der Waals surface area (Å²) in [6.07, 6.45) is 6.83. The maximum absolute atomic E-state index is 11.9. The zero-order valence-electron chi connectivity index (χ0n) is 25.0. The third-order valence-corrected chi connectivity index (χ3v) is 8.02. The van der Waals surface area contributed by atoms with Crippen LogP contribution in [-0.4, -0.2) is 30.6 Å². The first-order valence-electron chi connectivity index (χ1n) is 15.1. The van der Waals surface area contributed by atoms with Crippen LogP contribution in [0.3, 0.4) is 0 Å². The van der Waals surface area contributed by atoms with Crippen LogP contribution in [-0.2, 0) is 34.4 Å². The molecule has 0 heterocycles. The van der Waals surface area contributed by atoms with E-state index in [1.165, 1.54) is 40.7 Å². The quantitative estimate of drug-likeness (QED) is 0.161. The number of aryl methyl sites for hydroxylation is 1. The zero-order chi connectivity index (χ0) is 28.4. The lowest BCUT2D eigenvalue weighted by Gasteiger charge is -2.36. The monoisotopic (exact) mass is 541 g/mol. The van der Waals surface area contributed by atoms with Crippen molar-refractivity contribution in [1.29, 1.82) is 0 Å². The molecular weight excluding hydrogens is 494 g/mol. The number of rotatable bonds is 13. The Kier molecular flexibility index (Phi) is 10.8. The number of esters is 1. The van der Waals surface area contributed by atoms with Crippen molar-refractivity contribution in [3.05, 3.63) is 101 Å². The number of nitrogens with zero attached hydrogens (tertiary/aromatic N) is 1. The molecule has 0 aliphatic heterocycles. The fraction of sp³-hybridized carbons (Fsp3) is 0.472. The van der Waals surface area contributed by atoms with Gasteiger partial charge in [-0.2, -0.15) is 0 Å². The molecule has 214 valence electrons. The molecule has 0 spiro atoms. The Bertz CT molecular complexity index is 1210. The lowest BCUT2D eigenvalue weighted by molar-refractivity contribution is -0.143. The van der Waals surface area contributed by atoms with Crippen molar-refractivity contribution < 1.29 is 14.3 Å². The summed E-state index contributed by atoms with van der Waals surface area (Å²) < 4.78 is 11.5. The molecule has 1 aliphatic rings. The lowest BCUT2D eigenvalue weighted by atomic mass is 9.86. The number of ether oxygens (including phenoxy) is 2. The molecule has 4 rings (SSSR count). The van der Waals surface area contributed by atoms with Gasteiger partial charge in [0.15, 0.2) is 0 Å². The summed E-state index contributed by atoms with van der Waals surface area (Å²) in [5.41, 5.74) is 6.87. The normalized spacial score (nSPS) is 15.1. The molecule has 0 fully saturated rings. The van der Waals surface area contributed by atoms with E-state index in [0.717, 1.165) is 44.5 Å². The van der Waals surface area contributed by atoms with Gasteiger partial charge in [-0.15, -0.1) is 0 Å². The van der Waals surface area contributed by atoms with Crippen LogP contribution in [0.2, 0.25) is 0 Å². The van der Waals surface area contributed by atoms with E-state index in [4.69, 9.17) is 9.47 Å². The third kappa shape index (κ3) is 8.44. The summed E-state index contributed by atoms with van der Waals surface area (Å²) >= 11 is 0. The van der Waals surface area contributed by atoms with Crippen molar-refractivity contribution in [3.8, 4) is 5.75 Å². The highest BCUT2D eigenvalue weighted by Gasteiger charge is 2.25. The second-order valence-electron chi connectivity index (χ2n) is 12.0. The van der Waals surface area contributed by atoms with Crippen LogP contribution in [0.4, 0.5) is 0 Å². The van der Waals surface area contributed by atoms with Gasteiger partial charge in [0, 0.05) is 19.0 Å². The Balaban J connectivity index is 1.42. The van der Waals surface area contributed by atoms with Crippen LogP contribution in [0.15, 0.2) is 72.8 Å². The molecule has 0 amide bonds.